The summed E-state index contributed by atoms with van der Waals surface area (Å²) in [4.78, 5) is 0. The number of hydrogen-bond donors (Lipinski definition) is 3. The number of methoxy groups -OCH3 is 1. The lowest BCUT2D eigenvalue weighted by Gasteiger charge is -2.30. The summed E-state index contributed by atoms with van der Waals surface area (Å²) in [5, 5.41) is 17.8. The smallest absolute Gasteiger partial charge is 0.187 e. The number of benzene rings is 1. The van der Waals surface area contributed by atoms with Gasteiger partial charge >= 0.3 is 0 Å². The first-order chi connectivity index (χ1) is 11.0. The van der Waals surface area contributed by atoms with Gasteiger partial charge in [0, 0.05) is 6.04 Å². The second kappa shape index (κ2) is 8.49. The lowest BCUT2D eigenvalue weighted by atomic mass is 9.86. The van der Waals surface area contributed by atoms with Crippen LogP contribution in [0.1, 0.15) is 38.2 Å². The Kier molecular flexibility index (Phi) is 6.65. The molecule has 1 aliphatic carbocycles. The summed E-state index contributed by atoms with van der Waals surface area (Å²) in [5.41, 5.74) is 3.63. The van der Waals surface area contributed by atoms with Crippen LogP contribution in [0.3, 0.4) is 0 Å². The standard InChI is InChI=1S/C16H22BrN3O2S/c1-10-5-3-4-6-13(10)19-16(23)20-18-9-11-7-12(17)15(21)14(8-11)22-2/h7-10,13,21H,3-6H2,1-2H3,(H2,19,20,23)/b18-9+/t10-,13-/m1/s1. The Morgan fingerprint density at radius 1 is 1.43 bits per heavy atom. The van der Waals surface area contributed by atoms with E-state index in [1.54, 1.807) is 18.3 Å². The average Bonchev–Trinajstić information content (AvgIpc) is 2.53. The minimum Gasteiger partial charge on any atom is -0.503 e. The molecule has 0 heterocycles. The Labute approximate surface area is 150 Å². The number of hydrogen-bond acceptors (Lipinski definition) is 4. The minimum absolute atomic E-state index is 0.0704. The van der Waals surface area contributed by atoms with Gasteiger partial charge in [-0.15, -0.1) is 0 Å². The normalized spacial score (nSPS) is 21.2. The van der Waals surface area contributed by atoms with Crippen LogP contribution in [-0.4, -0.2) is 29.6 Å². The van der Waals surface area contributed by atoms with Crippen LogP contribution in [0.15, 0.2) is 21.7 Å². The summed E-state index contributed by atoms with van der Waals surface area (Å²) in [5.74, 6) is 1.09. The molecule has 7 heteroatoms. The Morgan fingerprint density at radius 3 is 2.87 bits per heavy atom. The first-order valence-electron chi connectivity index (χ1n) is 7.67. The number of aromatic hydroxyl groups is 1. The summed E-state index contributed by atoms with van der Waals surface area (Å²) in [6, 6.07) is 3.87. The second-order valence-corrected chi connectivity index (χ2v) is 7.03. The topological polar surface area (TPSA) is 65.9 Å². The highest BCUT2D eigenvalue weighted by molar-refractivity contribution is 9.10. The van der Waals surface area contributed by atoms with Crippen molar-refractivity contribution in [1.82, 2.24) is 10.7 Å². The molecule has 0 spiro atoms. The summed E-state index contributed by atoms with van der Waals surface area (Å²) >= 11 is 8.57. The fraction of sp³-hybridized carbons (Fsp3) is 0.500. The van der Waals surface area contributed by atoms with Gasteiger partial charge in [-0.3, -0.25) is 5.43 Å². The molecule has 2 atom stereocenters. The van der Waals surface area contributed by atoms with Crippen molar-refractivity contribution in [3.05, 3.63) is 22.2 Å². The number of nitrogens with zero attached hydrogens (tertiary/aromatic N) is 1. The van der Waals surface area contributed by atoms with Gasteiger partial charge in [0.2, 0.25) is 0 Å². The molecular formula is C16H22BrN3O2S. The number of ether oxygens (including phenoxy) is 1. The number of halogens is 1. The van der Waals surface area contributed by atoms with E-state index in [2.05, 4.69) is 38.7 Å². The SMILES string of the molecule is COc1cc(/C=N/NC(=S)N[C@@H]2CCCC[C@H]2C)cc(Br)c1O. The van der Waals surface area contributed by atoms with E-state index in [4.69, 9.17) is 17.0 Å². The van der Waals surface area contributed by atoms with Crippen molar-refractivity contribution < 1.29 is 9.84 Å². The van der Waals surface area contributed by atoms with Crippen LogP contribution < -0.4 is 15.5 Å². The third kappa shape index (κ3) is 5.07. The van der Waals surface area contributed by atoms with Gasteiger partial charge in [0.05, 0.1) is 17.8 Å². The molecule has 1 aromatic rings. The van der Waals surface area contributed by atoms with Crippen molar-refractivity contribution in [2.75, 3.05) is 7.11 Å². The maximum atomic E-state index is 9.78. The van der Waals surface area contributed by atoms with Crippen molar-refractivity contribution in [3.63, 3.8) is 0 Å². The van der Waals surface area contributed by atoms with E-state index in [-0.39, 0.29) is 5.75 Å². The highest BCUT2D eigenvalue weighted by Gasteiger charge is 2.21. The molecule has 5 nitrogen and oxygen atoms in total. The molecule has 1 fully saturated rings. The van der Waals surface area contributed by atoms with E-state index in [0.717, 1.165) is 12.0 Å². The first kappa shape index (κ1) is 18.0. The van der Waals surface area contributed by atoms with Crippen LogP contribution in [0.4, 0.5) is 0 Å². The van der Waals surface area contributed by atoms with Gasteiger partial charge in [0.15, 0.2) is 16.6 Å². The highest BCUT2D eigenvalue weighted by atomic mass is 79.9. The summed E-state index contributed by atoms with van der Waals surface area (Å²) < 4.78 is 5.66. The van der Waals surface area contributed by atoms with Gasteiger partial charge < -0.3 is 15.2 Å². The third-order valence-electron chi connectivity index (χ3n) is 4.08. The van der Waals surface area contributed by atoms with Gasteiger partial charge in [0.25, 0.3) is 0 Å². The van der Waals surface area contributed by atoms with Crippen molar-refractivity contribution in [3.8, 4) is 11.5 Å². The molecule has 0 radical (unpaired) electrons. The molecule has 0 bridgehead atoms. The lowest BCUT2D eigenvalue weighted by Crippen LogP contribution is -2.44. The van der Waals surface area contributed by atoms with E-state index in [9.17, 15) is 5.11 Å². The zero-order valence-corrected chi connectivity index (χ0v) is 15.7. The van der Waals surface area contributed by atoms with Crippen LogP contribution >= 0.6 is 28.1 Å². The van der Waals surface area contributed by atoms with Gasteiger partial charge in [-0.05, 0) is 64.6 Å². The molecule has 0 saturated heterocycles. The van der Waals surface area contributed by atoms with Crippen molar-refractivity contribution in [2.24, 2.45) is 11.0 Å². The van der Waals surface area contributed by atoms with Gasteiger partial charge in [-0.2, -0.15) is 5.10 Å². The molecule has 1 aromatic carbocycles. The average molecular weight is 400 g/mol. The number of nitrogens with one attached hydrogen (secondary N) is 2. The molecule has 23 heavy (non-hydrogen) atoms. The summed E-state index contributed by atoms with van der Waals surface area (Å²) in [7, 11) is 1.51. The number of phenolic OH excluding ortho intramolecular Hbond substituents is 1. The van der Waals surface area contributed by atoms with Crippen LogP contribution in [-0.2, 0) is 0 Å². The molecule has 0 aromatic heterocycles. The molecule has 3 N–H and O–H groups in total. The molecule has 1 aliphatic rings. The fourth-order valence-electron chi connectivity index (χ4n) is 2.72. The van der Waals surface area contributed by atoms with E-state index in [1.807, 2.05) is 0 Å². The predicted molar refractivity (Wildman–Crippen MR) is 100 cm³/mol. The van der Waals surface area contributed by atoms with E-state index >= 15 is 0 Å². The zero-order valence-electron chi connectivity index (χ0n) is 13.3. The maximum Gasteiger partial charge on any atom is 0.187 e. The quantitative estimate of drug-likeness (QED) is 0.410. The van der Waals surface area contributed by atoms with Crippen molar-refractivity contribution in [1.29, 1.82) is 0 Å². The molecule has 2 rings (SSSR count). The number of thiocarbonyl (C=S) groups is 1. The van der Waals surface area contributed by atoms with Crippen LogP contribution in [0.2, 0.25) is 0 Å². The van der Waals surface area contributed by atoms with E-state index < -0.39 is 0 Å². The number of rotatable bonds is 4. The molecule has 0 aliphatic heterocycles. The minimum atomic E-state index is 0.0704. The maximum absolute atomic E-state index is 9.78. The molecule has 1 saturated carbocycles. The third-order valence-corrected chi connectivity index (χ3v) is 4.89. The molecule has 0 amide bonds. The van der Waals surface area contributed by atoms with Gasteiger partial charge in [-0.25, -0.2) is 0 Å². The zero-order chi connectivity index (χ0) is 16.8. The van der Waals surface area contributed by atoms with E-state index in [1.165, 1.54) is 26.4 Å². The Morgan fingerprint density at radius 2 is 2.17 bits per heavy atom. The number of phenols is 1. The van der Waals surface area contributed by atoms with Crippen LogP contribution in [0.5, 0.6) is 11.5 Å². The van der Waals surface area contributed by atoms with Crippen LogP contribution in [0, 0.1) is 5.92 Å². The Bertz CT molecular complexity index is 595. The lowest BCUT2D eigenvalue weighted by molar-refractivity contribution is 0.308. The molecular weight excluding hydrogens is 378 g/mol. The predicted octanol–water partition coefficient (Wildman–Crippen LogP) is 3.54. The van der Waals surface area contributed by atoms with Crippen molar-refractivity contribution in [2.45, 2.75) is 38.6 Å². The Balaban J connectivity index is 1.91. The van der Waals surface area contributed by atoms with Gasteiger partial charge in [0.1, 0.15) is 0 Å². The fourth-order valence-corrected chi connectivity index (χ4v) is 3.38. The second-order valence-electron chi connectivity index (χ2n) is 5.77. The largest absolute Gasteiger partial charge is 0.503 e. The summed E-state index contributed by atoms with van der Waals surface area (Å²) in [6.07, 6.45) is 6.56. The molecule has 0 unspecified atom stereocenters. The monoisotopic (exact) mass is 399 g/mol. The number of hydrazone groups is 1. The summed E-state index contributed by atoms with van der Waals surface area (Å²) in [6.45, 7) is 2.25. The van der Waals surface area contributed by atoms with Crippen molar-refractivity contribution >= 4 is 39.5 Å². The van der Waals surface area contributed by atoms with E-state index in [0.29, 0.717) is 27.3 Å². The highest BCUT2D eigenvalue weighted by Crippen LogP contribution is 2.34. The molecule has 126 valence electrons. The first-order valence-corrected chi connectivity index (χ1v) is 8.87. The van der Waals surface area contributed by atoms with Crippen LogP contribution in [0.25, 0.3) is 0 Å². The van der Waals surface area contributed by atoms with Gasteiger partial charge in [-0.1, -0.05) is 19.8 Å². The Hall–Kier alpha value is -1.34.